The maximum Gasteiger partial charge on any atom is 0.00671 e. The van der Waals surface area contributed by atoms with Crippen molar-refractivity contribution >= 4 is 0 Å². The molecule has 2 atom stereocenters. The van der Waals surface area contributed by atoms with Gasteiger partial charge in [-0.15, -0.1) is 0 Å². The van der Waals surface area contributed by atoms with Crippen LogP contribution in [0.25, 0.3) is 0 Å². The smallest absolute Gasteiger partial charge is 0.00671 e. The van der Waals surface area contributed by atoms with Crippen molar-refractivity contribution in [3.05, 3.63) is 0 Å². The minimum atomic E-state index is 0.501. The second-order valence-corrected chi connectivity index (χ2v) is 5.03. The molecule has 0 aromatic heterocycles. The molecule has 1 fully saturated rings. The lowest BCUT2D eigenvalue weighted by atomic mass is 9.88. The Labute approximate surface area is 83.1 Å². The monoisotopic (exact) mass is 183 g/mol. The third kappa shape index (κ3) is 4.12. The highest BCUT2D eigenvalue weighted by molar-refractivity contribution is 4.76. The Morgan fingerprint density at radius 3 is 2.54 bits per heavy atom. The Kier molecular flexibility index (Phi) is 4.79. The molecule has 1 aliphatic carbocycles. The van der Waals surface area contributed by atoms with E-state index in [9.17, 15) is 0 Å². The average molecular weight is 183 g/mol. The molecule has 1 saturated carbocycles. The first-order chi connectivity index (χ1) is 6.20. The van der Waals surface area contributed by atoms with E-state index in [4.69, 9.17) is 5.73 Å². The molecule has 0 amide bonds. The van der Waals surface area contributed by atoms with Crippen molar-refractivity contribution < 1.29 is 0 Å². The number of rotatable bonds is 3. The Bertz CT molecular complexity index is 131. The Balaban J connectivity index is 2.27. The van der Waals surface area contributed by atoms with Crippen LogP contribution >= 0.6 is 0 Å². The van der Waals surface area contributed by atoms with Gasteiger partial charge < -0.3 is 5.73 Å². The molecule has 1 aliphatic rings. The number of hydrogen-bond donors (Lipinski definition) is 1. The van der Waals surface area contributed by atoms with E-state index in [0.29, 0.717) is 6.04 Å². The van der Waals surface area contributed by atoms with Gasteiger partial charge in [0, 0.05) is 6.04 Å². The molecule has 2 unspecified atom stereocenters. The molecule has 0 saturated heterocycles. The SMILES string of the molecule is CC(C)CCC1CCCCCC1N. The highest BCUT2D eigenvalue weighted by Crippen LogP contribution is 2.26. The van der Waals surface area contributed by atoms with E-state index >= 15 is 0 Å². The summed E-state index contributed by atoms with van der Waals surface area (Å²) in [6.45, 7) is 4.62. The largest absolute Gasteiger partial charge is 0.327 e. The van der Waals surface area contributed by atoms with Gasteiger partial charge in [-0.25, -0.2) is 0 Å². The van der Waals surface area contributed by atoms with Crippen molar-refractivity contribution in [1.29, 1.82) is 0 Å². The molecule has 0 aliphatic heterocycles. The van der Waals surface area contributed by atoms with Crippen LogP contribution in [-0.2, 0) is 0 Å². The third-order valence-electron chi connectivity index (χ3n) is 3.33. The van der Waals surface area contributed by atoms with Gasteiger partial charge in [-0.1, -0.05) is 39.5 Å². The first-order valence-corrected chi connectivity index (χ1v) is 5.95. The summed E-state index contributed by atoms with van der Waals surface area (Å²) in [6, 6.07) is 0.501. The molecule has 0 spiro atoms. The minimum Gasteiger partial charge on any atom is -0.327 e. The minimum absolute atomic E-state index is 0.501. The Morgan fingerprint density at radius 1 is 1.15 bits per heavy atom. The van der Waals surface area contributed by atoms with Crippen molar-refractivity contribution in [2.75, 3.05) is 0 Å². The second kappa shape index (κ2) is 5.64. The summed E-state index contributed by atoms with van der Waals surface area (Å²) in [5, 5.41) is 0. The van der Waals surface area contributed by atoms with Crippen molar-refractivity contribution in [3.8, 4) is 0 Å². The quantitative estimate of drug-likeness (QED) is 0.667. The van der Waals surface area contributed by atoms with Crippen LogP contribution in [0, 0.1) is 11.8 Å². The van der Waals surface area contributed by atoms with E-state index in [0.717, 1.165) is 11.8 Å². The molecule has 1 heteroatoms. The first-order valence-electron chi connectivity index (χ1n) is 5.95. The molecule has 2 N–H and O–H groups in total. The van der Waals surface area contributed by atoms with Gasteiger partial charge in [0.05, 0.1) is 0 Å². The van der Waals surface area contributed by atoms with Gasteiger partial charge in [0.25, 0.3) is 0 Å². The summed E-state index contributed by atoms with van der Waals surface area (Å²) in [4.78, 5) is 0. The molecule has 13 heavy (non-hydrogen) atoms. The molecule has 78 valence electrons. The highest BCUT2D eigenvalue weighted by Gasteiger charge is 2.19. The fourth-order valence-electron chi connectivity index (χ4n) is 2.32. The van der Waals surface area contributed by atoms with Gasteiger partial charge in [-0.3, -0.25) is 0 Å². The van der Waals surface area contributed by atoms with Gasteiger partial charge in [0.1, 0.15) is 0 Å². The van der Waals surface area contributed by atoms with E-state index in [1.807, 2.05) is 0 Å². The van der Waals surface area contributed by atoms with E-state index in [1.165, 1.54) is 44.9 Å². The lowest BCUT2D eigenvalue weighted by molar-refractivity contribution is 0.343. The lowest BCUT2D eigenvalue weighted by Gasteiger charge is -2.21. The summed E-state index contributed by atoms with van der Waals surface area (Å²) in [7, 11) is 0. The van der Waals surface area contributed by atoms with Crippen molar-refractivity contribution in [1.82, 2.24) is 0 Å². The maximum absolute atomic E-state index is 6.17. The van der Waals surface area contributed by atoms with Crippen molar-refractivity contribution in [2.24, 2.45) is 17.6 Å². The summed E-state index contributed by atoms with van der Waals surface area (Å²) < 4.78 is 0. The summed E-state index contributed by atoms with van der Waals surface area (Å²) in [5.74, 6) is 1.67. The predicted octanol–water partition coefficient (Wildman–Crippen LogP) is 3.33. The van der Waals surface area contributed by atoms with Crippen LogP contribution < -0.4 is 5.73 Å². The topological polar surface area (TPSA) is 26.0 Å². The zero-order valence-electron chi connectivity index (χ0n) is 9.26. The molecule has 0 radical (unpaired) electrons. The molecule has 0 bridgehead atoms. The zero-order chi connectivity index (χ0) is 9.68. The van der Waals surface area contributed by atoms with E-state index in [-0.39, 0.29) is 0 Å². The van der Waals surface area contributed by atoms with Gasteiger partial charge in [-0.05, 0) is 31.1 Å². The van der Waals surface area contributed by atoms with E-state index in [1.54, 1.807) is 0 Å². The van der Waals surface area contributed by atoms with Crippen LogP contribution in [0.3, 0.4) is 0 Å². The molecular formula is C12H25N. The zero-order valence-corrected chi connectivity index (χ0v) is 9.26. The van der Waals surface area contributed by atoms with Crippen molar-refractivity contribution in [2.45, 2.75) is 64.8 Å². The maximum atomic E-state index is 6.17. The van der Waals surface area contributed by atoms with Crippen molar-refractivity contribution in [3.63, 3.8) is 0 Å². The van der Waals surface area contributed by atoms with E-state index < -0.39 is 0 Å². The molecule has 0 heterocycles. The van der Waals surface area contributed by atoms with E-state index in [2.05, 4.69) is 13.8 Å². The van der Waals surface area contributed by atoms with Crippen LogP contribution in [0.15, 0.2) is 0 Å². The van der Waals surface area contributed by atoms with Crippen LogP contribution in [0.2, 0.25) is 0 Å². The lowest BCUT2D eigenvalue weighted by Crippen LogP contribution is -2.29. The molecular weight excluding hydrogens is 158 g/mol. The molecule has 1 nitrogen and oxygen atoms in total. The Morgan fingerprint density at radius 2 is 1.85 bits per heavy atom. The Hall–Kier alpha value is -0.0400. The molecule has 0 aromatic rings. The average Bonchev–Trinajstić information content (AvgIpc) is 2.27. The van der Waals surface area contributed by atoms with Crippen LogP contribution in [0.4, 0.5) is 0 Å². The molecule has 1 rings (SSSR count). The fourth-order valence-corrected chi connectivity index (χ4v) is 2.32. The van der Waals surface area contributed by atoms with Gasteiger partial charge >= 0.3 is 0 Å². The number of nitrogens with two attached hydrogens (primary N) is 1. The second-order valence-electron chi connectivity index (χ2n) is 5.03. The van der Waals surface area contributed by atoms with Crippen LogP contribution in [-0.4, -0.2) is 6.04 Å². The standard InChI is InChI=1S/C12H25N/c1-10(2)8-9-11-6-4-3-5-7-12(11)13/h10-12H,3-9,13H2,1-2H3. The summed E-state index contributed by atoms with van der Waals surface area (Å²) >= 11 is 0. The van der Waals surface area contributed by atoms with Gasteiger partial charge in [0.15, 0.2) is 0 Å². The number of hydrogen-bond acceptors (Lipinski definition) is 1. The first kappa shape index (κ1) is 11.0. The normalized spacial score (nSPS) is 30.5. The van der Waals surface area contributed by atoms with Gasteiger partial charge in [-0.2, -0.15) is 0 Å². The summed E-state index contributed by atoms with van der Waals surface area (Å²) in [6.07, 6.45) is 9.55. The van der Waals surface area contributed by atoms with Gasteiger partial charge in [0.2, 0.25) is 0 Å². The van der Waals surface area contributed by atoms with Crippen LogP contribution in [0.1, 0.15) is 58.8 Å². The molecule has 0 aromatic carbocycles. The summed E-state index contributed by atoms with van der Waals surface area (Å²) in [5.41, 5.74) is 6.17. The third-order valence-corrected chi connectivity index (χ3v) is 3.33. The van der Waals surface area contributed by atoms with Crippen LogP contribution in [0.5, 0.6) is 0 Å². The predicted molar refractivity (Wildman–Crippen MR) is 58.6 cm³/mol. The highest BCUT2D eigenvalue weighted by atomic mass is 14.6. The fraction of sp³-hybridized carbons (Fsp3) is 1.00.